The van der Waals surface area contributed by atoms with E-state index in [-0.39, 0.29) is 0 Å². The quantitative estimate of drug-likeness (QED) is 0.693. The zero-order valence-electron chi connectivity index (χ0n) is 7.25. The smallest absolute Gasteiger partial charge is 0.148 e. The highest BCUT2D eigenvalue weighted by Gasteiger charge is 1.93. The molecule has 4 heteroatoms. The summed E-state index contributed by atoms with van der Waals surface area (Å²) in [4.78, 5) is 0. The van der Waals surface area contributed by atoms with Crippen LogP contribution >= 0.6 is 0 Å². The Morgan fingerprint density at radius 3 is 2.75 bits per heavy atom. The molecule has 0 aliphatic heterocycles. The van der Waals surface area contributed by atoms with Crippen molar-refractivity contribution in [2.24, 2.45) is 5.73 Å². The number of nitrogens with one attached hydrogen (secondary N) is 1. The van der Waals surface area contributed by atoms with Gasteiger partial charge in [0.1, 0.15) is 5.82 Å². The van der Waals surface area contributed by atoms with Gasteiger partial charge in [-0.3, -0.25) is 0 Å². The van der Waals surface area contributed by atoms with Crippen LogP contribution in [0.25, 0.3) is 0 Å². The van der Waals surface area contributed by atoms with Crippen LogP contribution in [0.15, 0.2) is 12.1 Å². The molecule has 0 aromatic carbocycles. The van der Waals surface area contributed by atoms with Gasteiger partial charge in [-0.15, -0.1) is 5.10 Å². The van der Waals surface area contributed by atoms with Crippen molar-refractivity contribution in [3.05, 3.63) is 17.8 Å². The Balaban J connectivity index is 2.53. The van der Waals surface area contributed by atoms with Crippen LogP contribution in [-0.4, -0.2) is 16.7 Å². The fourth-order valence-electron chi connectivity index (χ4n) is 0.816. The second-order valence-corrected chi connectivity index (χ2v) is 2.54. The highest BCUT2D eigenvalue weighted by molar-refractivity contribution is 5.32. The summed E-state index contributed by atoms with van der Waals surface area (Å²) in [5.74, 6) is 0.814. The molecule has 0 unspecified atom stereocenters. The van der Waals surface area contributed by atoms with Crippen molar-refractivity contribution in [3.63, 3.8) is 0 Å². The predicted molar refractivity (Wildman–Crippen MR) is 48.7 cm³/mol. The van der Waals surface area contributed by atoms with Gasteiger partial charge in [0.05, 0.1) is 5.69 Å². The van der Waals surface area contributed by atoms with Crippen molar-refractivity contribution in [2.45, 2.75) is 19.9 Å². The molecule has 0 fully saturated rings. The fraction of sp³-hybridized carbons (Fsp3) is 0.500. The summed E-state index contributed by atoms with van der Waals surface area (Å²) >= 11 is 0. The van der Waals surface area contributed by atoms with Crippen molar-refractivity contribution < 1.29 is 0 Å². The highest BCUT2D eigenvalue weighted by Crippen LogP contribution is 2.00. The van der Waals surface area contributed by atoms with E-state index in [1.54, 1.807) is 0 Å². The van der Waals surface area contributed by atoms with E-state index in [1.165, 1.54) is 0 Å². The van der Waals surface area contributed by atoms with Crippen LogP contribution in [0.5, 0.6) is 0 Å². The second kappa shape index (κ2) is 4.66. The Morgan fingerprint density at radius 2 is 2.25 bits per heavy atom. The topological polar surface area (TPSA) is 63.8 Å². The second-order valence-electron chi connectivity index (χ2n) is 2.54. The van der Waals surface area contributed by atoms with Crippen LogP contribution < -0.4 is 11.1 Å². The summed E-state index contributed by atoms with van der Waals surface area (Å²) in [6.07, 6.45) is 1.08. The first kappa shape index (κ1) is 8.93. The SMILES string of the molecule is CCCNc1ccc(CN)nn1. The van der Waals surface area contributed by atoms with Gasteiger partial charge in [-0.2, -0.15) is 5.10 Å². The summed E-state index contributed by atoms with van der Waals surface area (Å²) in [7, 11) is 0. The lowest BCUT2D eigenvalue weighted by Crippen LogP contribution is -2.05. The van der Waals surface area contributed by atoms with Gasteiger partial charge in [0.15, 0.2) is 0 Å². The van der Waals surface area contributed by atoms with E-state index >= 15 is 0 Å². The predicted octanol–water partition coefficient (Wildman–Crippen LogP) is 0.757. The van der Waals surface area contributed by atoms with Crippen LogP contribution in [0.4, 0.5) is 5.82 Å². The summed E-state index contributed by atoms with van der Waals surface area (Å²) < 4.78 is 0. The van der Waals surface area contributed by atoms with Gasteiger partial charge in [0.2, 0.25) is 0 Å². The zero-order chi connectivity index (χ0) is 8.81. The van der Waals surface area contributed by atoms with Crippen LogP contribution in [0.1, 0.15) is 19.0 Å². The molecule has 0 saturated carbocycles. The Kier molecular flexibility index (Phi) is 3.47. The maximum absolute atomic E-state index is 5.38. The van der Waals surface area contributed by atoms with Gasteiger partial charge in [0, 0.05) is 13.1 Å². The first-order chi connectivity index (χ1) is 5.86. The van der Waals surface area contributed by atoms with E-state index < -0.39 is 0 Å². The Hall–Kier alpha value is -1.16. The van der Waals surface area contributed by atoms with E-state index in [9.17, 15) is 0 Å². The first-order valence-corrected chi connectivity index (χ1v) is 4.13. The van der Waals surface area contributed by atoms with Crippen LogP contribution in [0.3, 0.4) is 0 Å². The molecule has 0 amide bonds. The van der Waals surface area contributed by atoms with Crippen LogP contribution in [0, 0.1) is 0 Å². The number of hydrogen-bond donors (Lipinski definition) is 2. The minimum Gasteiger partial charge on any atom is -0.369 e. The largest absolute Gasteiger partial charge is 0.369 e. The minimum atomic E-state index is 0.445. The molecular weight excluding hydrogens is 152 g/mol. The van der Waals surface area contributed by atoms with Crippen molar-refractivity contribution in [1.29, 1.82) is 0 Å². The van der Waals surface area contributed by atoms with Gasteiger partial charge < -0.3 is 11.1 Å². The van der Waals surface area contributed by atoms with Crippen molar-refractivity contribution in [2.75, 3.05) is 11.9 Å². The average molecular weight is 166 g/mol. The molecule has 0 aliphatic carbocycles. The van der Waals surface area contributed by atoms with Crippen molar-refractivity contribution in [3.8, 4) is 0 Å². The molecule has 0 saturated heterocycles. The van der Waals surface area contributed by atoms with Crippen LogP contribution in [-0.2, 0) is 6.54 Å². The molecule has 1 aromatic rings. The molecule has 0 aliphatic rings. The van der Waals surface area contributed by atoms with Gasteiger partial charge >= 0.3 is 0 Å². The number of anilines is 1. The number of aromatic nitrogens is 2. The van der Waals surface area contributed by atoms with Crippen molar-refractivity contribution in [1.82, 2.24) is 10.2 Å². The van der Waals surface area contributed by atoms with Gasteiger partial charge in [-0.1, -0.05) is 6.92 Å². The van der Waals surface area contributed by atoms with Gasteiger partial charge in [0.25, 0.3) is 0 Å². The van der Waals surface area contributed by atoms with E-state index in [4.69, 9.17) is 5.73 Å². The summed E-state index contributed by atoms with van der Waals surface area (Å²) in [6, 6.07) is 3.77. The molecule has 4 nitrogen and oxygen atoms in total. The number of nitrogens with two attached hydrogens (primary N) is 1. The third-order valence-electron chi connectivity index (χ3n) is 1.49. The summed E-state index contributed by atoms with van der Waals surface area (Å²) in [5, 5.41) is 11.0. The molecule has 66 valence electrons. The molecule has 0 radical (unpaired) electrons. The van der Waals surface area contributed by atoms with Gasteiger partial charge in [-0.05, 0) is 18.6 Å². The molecule has 1 aromatic heterocycles. The standard InChI is InChI=1S/C8H14N4/c1-2-5-10-8-4-3-7(6-9)11-12-8/h3-4H,2,5-6,9H2,1H3,(H,10,12). The molecule has 0 spiro atoms. The Labute approximate surface area is 72.2 Å². The third-order valence-corrected chi connectivity index (χ3v) is 1.49. The lowest BCUT2D eigenvalue weighted by molar-refractivity contribution is 0.885. The molecular formula is C8H14N4. The normalized spacial score (nSPS) is 9.83. The maximum Gasteiger partial charge on any atom is 0.148 e. The summed E-state index contributed by atoms with van der Waals surface area (Å²) in [6.45, 7) is 3.48. The van der Waals surface area contributed by atoms with Gasteiger partial charge in [-0.25, -0.2) is 0 Å². The molecule has 0 atom stereocenters. The monoisotopic (exact) mass is 166 g/mol. The highest BCUT2D eigenvalue weighted by atomic mass is 15.2. The molecule has 3 N–H and O–H groups in total. The lowest BCUT2D eigenvalue weighted by atomic mass is 10.4. The minimum absolute atomic E-state index is 0.445. The van der Waals surface area contributed by atoms with E-state index in [1.807, 2.05) is 12.1 Å². The summed E-state index contributed by atoms with van der Waals surface area (Å²) in [5.41, 5.74) is 6.19. The molecule has 12 heavy (non-hydrogen) atoms. The maximum atomic E-state index is 5.38. The number of rotatable bonds is 4. The van der Waals surface area contributed by atoms with E-state index in [0.29, 0.717) is 6.54 Å². The lowest BCUT2D eigenvalue weighted by Gasteiger charge is -2.02. The van der Waals surface area contributed by atoms with E-state index in [0.717, 1.165) is 24.5 Å². The Morgan fingerprint density at radius 1 is 1.42 bits per heavy atom. The third kappa shape index (κ3) is 2.47. The van der Waals surface area contributed by atoms with E-state index in [2.05, 4.69) is 22.4 Å². The molecule has 1 heterocycles. The molecule has 1 rings (SSSR count). The Bertz CT molecular complexity index is 219. The first-order valence-electron chi connectivity index (χ1n) is 4.13. The fourth-order valence-corrected chi connectivity index (χ4v) is 0.816. The number of hydrogen-bond acceptors (Lipinski definition) is 4. The number of nitrogens with zero attached hydrogens (tertiary/aromatic N) is 2. The van der Waals surface area contributed by atoms with Crippen molar-refractivity contribution >= 4 is 5.82 Å². The molecule has 0 bridgehead atoms. The zero-order valence-corrected chi connectivity index (χ0v) is 7.25. The van der Waals surface area contributed by atoms with Crippen LogP contribution in [0.2, 0.25) is 0 Å². The average Bonchev–Trinajstić information content (AvgIpc) is 2.15.